The molecule has 9 heteroatoms. The van der Waals surface area contributed by atoms with Crippen LogP contribution in [-0.2, 0) is 14.3 Å². The summed E-state index contributed by atoms with van der Waals surface area (Å²) in [5, 5.41) is 24.1. The van der Waals surface area contributed by atoms with E-state index in [4.69, 9.17) is 15.9 Å². The average molecular weight is 464 g/mol. The minimum atomic E-state index is -0.927. The topological polar surface area (TPSA) is 141 Å². The van der Waals surface area contributed by atoms with Crippen molar-refractivity contribution in [2.24, 2.45) is 17.6 Å². The van der Waals surface area contributed by atoms with Crippen LogP contribution in [0.15, 0.2) is 0 Å². The lowest BCUT2D eigenvalue weighted by Crippen LogP contribution is -2.62. The highest BCUT2D eigenvalue weighted by molar-refractivity contribution is 5.95. The van der Waals surface area contributed by atoms with Crippen LogP contribution >= 0.6 is 0 Å². The van der Waals surface area contributed by atoms with Crippen molar-refractivity contribution in [3.05, 3.63) is 0 Å². The van der Waals surface area contributed by atoms with Gasteiger partial charge in [0.25, 0.3) is 0 Å². The first-order valence-electron chi connectivity index (χ1n) is 12.8. The summed E-state index contributed by atoms with van der Waals surface area (Å²) in [6.45, 7) is 2.68. The Labute approximate surface area is 196 Å². The van der Waals surface area contributed by atoms with Crippen molar-refractivity contribution < 1.29 is 19.4 Å². The van der Waals surface area contributed by atoms with Gasteiger partial charge in [0.1, 0.15) is 0 Å². The van der Waals surface area contributed by atoms with Crippen LogP contribution in [0, 0.1) is 17.2 Å². The highest BCUT2D eigenvalue weighted by Gasteiger charge is 2.46. The molecular weight excluding hydrogens is 422 g/mol. The number of aliphatic carboxylic acids is 1. The molecule has 0 radical (unpaired) electrons. The van der Waals surface area contributed by atoms with Crippen molar-refractivity contribution in [2.75, 3.05) is 26.2 Å². The van der Waals surface area contributed by atoms with Crippen molar-refractivity contribution in [1.82, 2.24) is 15.5 Å². The third-order valence-corrected chi connectivity index (χ3v) is 8.48. The van der Waals surface area contributed by atoms with E-state index in [1.165, 1.54) is 19.3 Å². The molecule has 4 unspecified atom stereocenters. The highest BCUT2D eigenvalue weighted by atomic mass is 16.5. The number of hydrogen-bond acceptors (Lipinski definition) is 6. The largest absolute Gasteiger partial charge is 0.481 e. The van der Waals surface area contributed by atoms with Gasteiger partial charge in [0, 0.05) is 25.7 Å². The standard InChI is InChI=1S/C24H41N5O4/c25-23(26)29-10-5-18(6-11-29)33-12-8-24(7-1-2-9-27-24)22(32)20(15-21(30)31)28-19-14-16-3-4-17(19)13-16/h16-20,27-28H,1-15H2,(H3,25,26)(H,30,31)/t16?,17?,19?,20-,24?/m0/s1. The SMILES string of the molecule is N=C(N)N1CCC(OCCC2(C(=O)[C@H](CC(=O)O)NC3CC4CCC3C4)CCCCN2)CC1. The van der Waals surface area contributed by atoms with Crippen LogP contribution in [-0.4, -0.2) is 77.7 Å². The third-order valence-electron chi connectivity index (χ3n) is 8.48. The second-order valence-electron chi connectivity index (χ2n) is 10.6. The monoisotopic (exact) mass is 463 g/mol. The number of fused-ring (bicyclic) bond motifs is 2. The molecule has 4 fully saturated rings. The number of carbonyl (C=O) groups excluding carboxylic acids is 1. The number of nitrogens with two attached hydrogens (primary N) is 1. The van der Waals surface area contributed by atoms with Crippen molar-refractivity contribution in [2.45, 2.75) is 94.4 Å². The first-order chi connectivity index (χ1) is 15.9. The number of ether oxygens (including phenoxy) is 1. The molecule has 0 aromatic rings. The Kier molecular flexibility index (Phi) is 7.91. The molecule has 5 atom stereocenters. The van der Waals surface area contributed by atoms with Crippen LogP contribution in [0.1, 0.15) is 70.6 Å². The minimum absolute atomic E-state index is 0.00220. The molecule has 0 amide bonds. The molecule has 0 aromatic heterocycles. The van der Waals surface area contributed by atoms with Crippen LogP contribution in [0.5, 0.6) is 0 Å². The van der Waals surface area contributed by atoms with E-state index in [-0.39, 0.29) is 30.3 Å². The molecule has 2 heterocycles. The first-order valence-corrected chi connectivity index (χ1v) is 12.8. The van der Waals surface area contributed by atoms with Gasteiger partial charge in [-0.3, -0.25) is 15.0 Å². The number of guanidine groups is 1. The number of ketones is 1. The Hall–Kier alpha value is -1.71. The predicted molar refractivity (Wildman–Crippen MR) is 125 cm³/mol. The van der Waals surface area contributed by atoms with Crippen LogP contribution in [0.4, 0.5) is 0 Å². The van der Waals surface area contributed by atoms with Crippen LogP contribution in [0.25, 0.3) is 0 Å². The van der Waals surface area contributed by atoms with Crippen molar-refractivity contribution in [3.8, 4) is 0 Å². The normalized spacial score (nSPS) is 33.2. The smallest absolute Gasteiger partial charge is 0.305 e. The Bertz CT molecular complexity index is 718. The molecule has 0 spiro atoms. The van der Waals surface area contributed by atoms with E-state index < -0.39 is 17.6 Å². The van der Waals surface area contributed by atoms with E-state index in [0.29, 0.717) is 18.9 Å². The number of Topliss-reactive ketones (excluding diaryl/α,β-unsaturated/α-hetero) is 1. The molecule has 186 valence electrons. The fraction of sp³-hybridized carbons (Fsp3) is 0.875. The Morgan fingerprint density at radius 2 is 2.00 bits per heavy atom. The van der Waals surface area contributed by atoms with Crippen LogP contribution < -0.4 is 16.4 Å². The maximum absolute atomic E-state index is 13.9. The lowest BCUT2D eigenvalue weighted by molar-refractivity contribution is -0.141. The fourth-order valence-electron chi connectivity index (χ4n) is 6.62. The van der Waals surface area contributed by atoms with Gasteiger partial charge in [-0.2, -0.15) is 0 Å². The van der Waals surface area contributed by atoms with Gasteiger partial charge in [-0.25, -0.2) is 0 Å². The van der Waals surface area contributed by atoms with E-state index >= 15 is 0 Å². The molecule has 9 nitrogen and oxygen atoms in total. The Morgan fingerprint density at radius 3 is 2.58 bits per heavy atom. The van der Waals surface area contributed by atoms with E-state index in [9.17, 15) is 14.7 Å². The summed E-state index contributed by atoms with van der Waals surface area (Å²) >= 11 is 0. The molecule has 2 saturated heterocycles. The van der Waals surface area contributed by atoms with Gasteiger partial charge in [-0.1, -0.05) is 6.42 Å². The lowest BCUT2D eigenvalue weighted by atomic mass is 9.78. The van der Waals surface area contributed by atoms with Gasteiger partial charge in [0.05, 0.1) is 24.1 Å². The summed E-state index contributed by atoms with van der Waals surface area (Å²) in [6, 6.07) is -0.392. The summed E-state index contributed by atoms with van der Waals surface area (Å²) in [6.07, 6.45) is 9.61. The molecule has 2 aliphatic heterocycles. The molecule has 2 aliphatic carbocycles. The van der Waals surface area contributed by atoms with Gasteiger partial charge in [0.15, 0.2) is 11.7 Å². The molecule has 6 N–H and O–H groups in total. The third kappa shape index (κ3) is 5.87. The first kappa shape index (κ1) is 24.4. The summed E-state index contributed by atoms with van der Waals surface area (Å²) < 4.78 is 6.16. The number of likely N-dealkylation sites (tertiary alicyclic amines) is 1. The summed E-state index contributed by atoms with van der Waals surface area (Å²) in [5.74, 6) is 0.499. The summed E-state index contributed by atoms with van der Waals surface area (Å²) in [5.41, 5.74) is 4.86. The number of rotatable bonds is 10. The highest BCUT2D eigenvalue weighted by Crippen LogP contribution is 2.44. The van der Waals surface area contributed by atoms with E-state index in [1.807, 2.05) is 4.90 Å². The molecule has 4 rings (SSSR count). The van der Waals surface area contributed by atoms with Gasteiger partial charge < -0.3 is 31.1 Å². The van der Waals surface area contributed by atoms with Gasteiger partial charge >= 0.3 is 5.97 Å². The number of carboxylic acid groups (broad SMARTS) is 1. The van der Waals surface area contributed by atoms with Crippen LogP contribution in [0.3, 0.4) is 0 Å². The van der Waals surface area contributed by atoms with Crippen molar-refractivity contribution in [3.63, 3.8) is 0 Å². The van der Waals surface area contributed by atoms with Gasteiger partial charge in [0.2, 0.25) is 0 Å². The fourth-order valence-corrected chi connectivity index (χ4v) is 6.62. The maximum Gasteiger partial charge on any atom is 0.305 e. The number of carbonyl (C=O) groups is 2. The molecule has 4 aliphatic rings. The summed E-state index contributed by atoms with van der Waals surface area (Å²) in [7, 11) is 0. The minimum Gasteiger partial charge on any atom is -0.481 e. The Morgan fingerprint density at radius 1 is 1.21 bits per heavy atom. The molecule has 0 aromatic carbocycles. The zero-order chi connectivity index (χ0) is 23.4. The molecule has 2 saturated carbocycles. The number of carboxylic acids is 1. The second-order valence-corrected chi connectivity index (χ2v) is 10.6. The van der Waals surface area contributed by atoms with Crippen molar-refractivity contribution >= 4 is 17.7 Å². The van der Waals surface area contributed by atoms with Crippen molar-refractivity contribution in [1.29, 1.82) is 5.41 Å². The second kappa shape index (κ2) is 10.7. The van der Waals surface area contributed by atoms with Gasteiger partial charge in [-0.05, 0) is 76.2 Å². The zero-order valence-corrected chi connectivity index (χ0v) is 19.7. The van der Waals surface area contributed by atoms with E-state index in [2.05, 4.69) is 10.6 Å². The maximum atomic E-state index is 13.9. The van der Waals surface area contributed by atoms with Crippen LogP contribution in [0.2, 0.25) is 0 Å². The average Bonchev–Trinajstić information content (AvgIpc) is 3.42. The van der Waals surface area contributed by atoms with E-state index in [0.717, 1.165) is 64.1 Å². The molecule has 2 bridgehead atoms. The lowest BCUT2D eigenvalue weighted by Gasteiger charge is -2.41. The quantitative estimate of drug-likeness (QED) is 0.242. The molecular formula is C24H41N5O4. The predicted octanol–water partition coefficient (Wildman–Crippen LogP) is 1.45. The number of hydrogen-bond donors (Lipinski definition) is 5. The summed E-state index contributed by atoms with van der Waals surface area (Å²) in [4.78, 5) is 27.4. The number of piperidine rings is 2. The van der Waals surface area contributed by atoms with Gasteiger partial charge in [-0.15, -0.1) is 0 Å². The zero-order valence-electron chi connectivity index (χ0n) is 19.7. The number of nitrogens with zero attached hydrogens (tertiary/aromatic N) is 1. The molecule has 33 heavy (non-hydrogen) atoms. The van der Waals surface area contributed by atoms with E-state index in [1.54, 1.807) is 0 Å². The Balaban J connectivity index is 1.37. The number of nitrogens with one attached hydrogen (secondary N) is 3.